The number of aliphatic hydroxyl groups is 1. The van der Waals surface area contributed by atoms with Crippen LogP contribution in [0.3, 0.4) is 0 Å². The monoisotopic (exact) mass is 499 g/mol. The van der Waals surface area contributed by atoms with Crippen molar-refractivity contribution in [2.75, 3.05) is 12.0 Å². The Labute approximate surface area is 218 Å². The van der Waals surface area contributed by atoms with Crippen molar-refractivity contribution in [3.63, 3.8) is 0 Å². The molecule has 0 radical (unpaired) electrons. The van der Waals surface area contributed by atoms with Crippen molar-refractivity contribution in [2.24, 2.45) is 0 Å². The molecule has 6 nitrogen and oxygen atoms in total. The number of para-hydroxylation sites is 1. The quantitative estimate of drug-likeness (QED) is 0.227. The van der Waals surface area contributed by atoms with Gasteiger partial charge >= 0.3 is 0 Å². The maximum Gasteiger partial charge on any atom is 0.300 e. The molecule has 1 aliphatic heterocycles. The van der Waals surface area contributed by atoms with Crippen molar-refractivity contribution < 1.29 is 24.2 Å². The highest BCUT2D eigenvalue weighted by molar-refractivity contribution is 6.51. The van der Waals surface area contributed by atoms with E-state index in [9.17, 15) is 14.7 Å². The smallest absolute Gasteiger partial charge is 0.300 e. The van der Waals surface area contributed by atoms with Crippen molar-refractivity contribution in [3.05, 3.63) is 94.6 Å². The first kappa shape index (κ1) is 26.0. The van der Waals surface area contributed by atoms with Gasteiger partial charge in [0.15, 0.2) is 0 Å². The van der Waals surface area contributed by atoms with Crippen LogP contribution in [0.4, 0.5) is 5.69 Å². The van der Waals surface area contributed by atoms with Gasteiger partial charge in [0, 0.05) is 11.3 Å². The molecule has 1 amide bonds. The summed E-state index contributed by atoms with van der Waals surface area (Å²) in [5.74, 6) is -0.0933. The molecule has 37 heavy (non-hydrogen) atoms. The lowest BCUT2D eigenvalue weighted by atomic mass is 9.91. The Morgan fingerprint density at radius 2 is 1.59 bits per heavy atom. The van der Waals surface area contributed by atoms with Gasteiger partial charge in [0.05, 0.1) is 24.8 Å². The molecule has 3 aromatic rings. The number of hydrogen-bond donors (Lipinski definition) is 1. The van der Waals surface area contributed by atoms with E-state index in [0.717, 1.165) is 11.1 Å². The number of ether oxygens (including phenoxy) is 2. The van der Waals surface area contributed by atoms with Gasteiger partial charge in [-0.05, 0) is 79.8 Å². The first-order valence-corrected chi connectivity index (χ1v) is 12.5. The summed E-state index contributed by atoms with van der Waals surface area (Å²) in [6.07, 6.45) is 0.00834. The number of aliphatic hydroxyl groups excluding tert-OH is 1. The Balaban J connectivity index is 1.94. The number of ketones is 1. The average molecular weight is 500 g/mol. The minimum Gasteiger partial charge on any atom is -0.507 e. The molecule has 1 heterocycles. The van der Waals surface area contributed by atoms with Gasteiger partial charge in [-0.25, -0.2) is 0 Å². The second-order valence-electron chi connectivity index (χ2n) is 9.80. The summed E-state index contributed by atoms with van der Waals surface area (Å²) >= 11 is 0. The largest absolute Gasteiger partial charge is 0.507 e. The van der Waals surface area contributed by atoms with Crippen LogP contribution in [-0.4, -0.2) is 30.0 Å². The molecule has 0 aromatic heterocycles. The van der Waals surface area contributed by atoms with Crippen LogP contribution >= 0.6 is 0 Å². The first-order valence-electron chi connectivity index (χ1n) is 12.5. The third kappa shape index (κ3) is 4.96. The SMILES string of the molecule is COc1cc(C)c(/C(O)=C2\C(=O)C(=O)N(c3ccccc3)C2c2ccc(OC(C)C)cc2)cc1C(C)C. The van der Waals surface area contributed by atoms with Crippen molar-refractivity contribution >= 4 is 23.1 Å². The highest BCUT2D eigenvalue weighted by Gasteiger charge is 2.47. The molecule has 0 spiro atoms. The van der Waals surface area contributed by atoms with Crippen molar-refractivity contribution in [1.82, 2.24) is 0 Å². The number of anilines is 1. The number of hydrogen-bond acceptors (Lipinski definition) is 5. The molecule has 1 N–H and O–H groups in total. The van der Waals surface area contributed by atoms with Gasteiger partial charge in [-0.1, -0.05) is 44.2 Å². The number of aryl methyl sites for hydroxylation is 1. The Morgan fingerprint density at radius 1 is 0.946 bits per heavy atom. The van der Waals surface area contributed by atoms with E-state index < -0.39 is 17.7 Å². The van der Waals surface area contributed by atoms with Crippen LogP contribution in [0.15, 0.2) is 72.3 Å². The Morgan fingerprint density at radius 3 is 2.16 bits per heavy atom. The number of methoxy groups -OCH3 is 1. The van der Waals surface area contributed by atoms with E-state index in [1.807, 2.05) is 89.2 Å². The normalized spacial score (nSPS) is 17.1. The second-order valence-corrected chi connectivity index (χ2v) is 9.80. The Kier molecular flexibility index (Phi) is 7.39. The lowest BCUT2D eigenvalue weighted by molar-refractivity contribution is -0.132. The van der Waals surface area contributed by atoms with Crippen LogP contribution in [0.5, 0.6) is 11.5 Å². The zero-order valence-corrected chi connectivity index (χ0v) is 22.1. The molecule has 0 aliphatic carbocycles. The van der Waals surface area contributed by atoms with E-state index >= 15 is 0 Å². The maximum absolute atomic E-state index is 13.5. The summed E-state index contributed by atoms with van der Waals surface area (Å²) in [6.45, 7) is 9.81. The summed E-state index contributed by atoms with van der Waals surface area (Å²) < 4.78 is 11.3. The van der Waals surface area contributed by atoms with Gasteiger partial charge in [0.1, 0.15) is 17.3 Å². The molecule has 1 unspecified atom stereocenters. The van der Waals surface area contributed by atoms with E-state index in [1.165, 1.54) is 4.90 Å². The third-order valence-corrected chi connectivity index (χ3v) is 6.50. The number of benzene rings is 3. The van der Waals surface area contributed by atoms with Crippen LogP contribution in [0.2, 0.25) is 0 Å². The van der Waals surface area contributed by atoms with E-state index in [-0.39, 0.29) is 23.4 Å². The summed E-state index contributed by atoms with van der Waals surface area (Å²) in [4.78, 5) is 28.3. The molecule has 0 bridgehead atoms. The molecule has 1 fully saturated rings. The molecular weight excluding hydrogens is 466 g/mol. The standard InChI is InChI=1S/C31H33NO5/c1-18(2)24-17-25(20(5)16-26(24)36-6)29(33)27-28(21-12-14-23(15-13-21)37-19(3)4)32(31(35)30(27)34)22-10-8-7-9-11-22/h7-19,28,33H,1-6H3/b29-27+. The highest BCUT2D eigenvalue weighted by Crippen LogP contribution is 2.43. The van der Waals surface area contributed by atoms with Gasteiger partial charge in [-0.15, -0.1) is 0 Å². The minimum atomic E-state index is -0.806. The lowest BCUT2D eigenvalue weighted by Gasteiger charge is -2.26. The molecule has 1 aliphatic rings. The fourth-order valence-electron chi connectivity index (χ4n) is 4.73. The summed E-state index contributed by atoms with van der Waals surface area (Å²) in [7, 11) is 1.61. The molecule has 1 atom stereocenters. The number of carbonyl (C=O) groups excluding carboxylic acids is 2. The molecule has 6 heteroatoms. The van der Waals surface area contributed by atoms with Gasteiger partial charge in [0.25, 0.3) is 11.7 Å². The molecule has 192 valence electrons. The van der Waals surface area contributed by atoms with Crippen LogP contribution in [0.25, 0.3) is 5.76 Å². The van der Waals surface area contributed by atoms with Gasteiger partial charge in [-0.2, -0.15) is 0 Å². The fraction of sp³-hybridized carbons (Fsp3) is 0.290. The number of carbonyl (C=O) groups is 2. The molecule has 3 aromatic carbocycles. The van der Waals surface area contributed by atoms with Gasteiger partial charge in [-0.3, -0.25) is 14.5 Å². The van der Waals surface area contributed by atoms with Crippen LogP contribution < -0.4 is 14.4 Å². The van der Waals surface area contributed by atoms with Crippen molar-refractivity contribution in [3.8, 4) is 11.5 Å². The molecule has 4 rings (SSSR count). The molecule has 0 saturated carbocycles. The highest BCUT2D eigenvalue weighted by atomic mass is 16.5. The van der Waals surface area contributed by atoms with Crippen LogP contribution in [-0.2, 0) is 9.59 Å². The average Bonchev–Trinajstić information content (AvgIpc) is 3.14. The van der Waals surface area contributed by atoms with Crippen LogP contribution in [0, 0.1) is 6.92 Å². The predicted octanol–water partition coefficient (Wildman–Crippen LogP) is 6.54. The Hall–Kier alpha value is -4.06. The second kappa shape index (κ2) is 10.5. The Bertz CT molecular complexity index is 1340. The van der Waals surface area contributed by atoms with Crippen molar-refractivity contribution in [2.45, 2.75) is 52.7 Å². The molecular formula is C31H33NO5. The number of Topliss-reactive ketones (excluding diaryl/α,β-unsaturated/α-hetero) is 1. The number of nitrogens with zero attached hydrogens (tertiary/aromatic N) is 1. The van der Waals surface area contributed by atoms with Crippen molar-refractivity contribution in [1.29, 1.82) is 0 Å². The number of rotatable bonds is 7. The fourth-order valence-corrected chi connectivity index (χ4v) is 4.73. The van der Waals surface area contributed by atoms with E-state index in [2.05, 4.69) is 0 Å². The van der Waals surface area contributed by atoms with Gasteiger partial charge < -0.3 is 14.6 Å². The summed E-state index contributed by atoms with van der Waals surface area (Å²) in [5, 5.41) is 11.6. The van der Waals surface area contributed by atoms with E-state index in [4.69, 9.17) is 9.47 Å². The maximum atomic E-state index is 13.5. The van der Waals surface area contributed by atoms with E-state index in [1.54, 1.807) is 19.2 Å². The number of amides is 1. The van der Waals surface area contributed by atoms with Gasteiger partial charge in [0.2, 0.25) is 0 Å². The minimum absolute atomic E-state index is 0.00834. The third-order valence-electron chi connectivity index (χ3n) is 6.50. The summed E-state index contributed by atoms with van der Waals surface area (Å²) in [5.41, 5.74) is 3.46. The lowest BCUT2D eigenvalue weighted by Crippen LogP contribution is -2.29. The zero-order valence-electron chi connectivity index (χ0n) is 22.1. The predicted molar refractivity (Wildman–Crippen MR) is 145 cm³/mol. The topological polar surface area (TPSA) is 76.1 Å². The van der Waals surface area contributed by atoms with E-state index in [0.29, 0.717) is 28.3 Å². The molecule has 1 saturated heterocycles. The summed E-state index contributed by atoms with van der Waals surface area (Å²) in [6, 6.07) is 19.2. The first-order chi connectivity index (χ1) is 17.6. The van der Waals surface area contributed by atoms with Crippen LogP contribution in [0.1, 0.15) is 61.9 Å². The zero-order chi connectivity index (χ0) is 26.9.